The summed E-state index contributed by atoms with van der Waals surface area (Å²) in [4.78, 5) is 31.4. The fourth-order valence-electron chi connectivity index (χ4n) is 2.39. The molecule has 144 valence electrons. The van der Waals surface area contributed by atoms with E-state index < -0.39 is 5.91 Å². The van der Waals surface area contributed by atoms with Gasteiger partial charge in [-0.1, -0.05) is 23.7 Å². The van der Waals surface area contributed by atoms with E-state index in [1.807, 2.05) is 0 Å². The van der Waals surface area contributed by atoms with Gasteiger partial charge in [-0.15, -0.1) is 11.6 Å². The van der Waals surface area contributed by atoms with Gasteiger partial charge in [0.1, 0.15) is 5.88 Å². The fourth-order valence-corrected chi connectivity index (χ4v) is 2.69. The summed E-state index contributed by atoms with van der Waals surface area (Å²) in [5, 5.41) is 9.86. The number of anilines is 3. The van der Waals surface area contributed by atoms with Crippen molar-refractivity contribution in [3.8, 4) is 0 Å². The Kier molecular flexibility index (Phi) is 6.07. The second kappa shape index (κ2) is 8.68. The van der Waals surface area contributed by atoms with Crippen molar-refractivity contribution in [1.82, 2.24) is 19.7 Å². The minimum Gasteiger partial charge on any atom is -0.382 e. The summed E-state index contributed by atoms with van der Waals surface area (Å²) < 4.78 is 1.59. The number of nitrogens with one attached hydrogen (secondary N) is 2. The van der Waals surface area contributed by atoms with E-state index in [0.29, 0.717) is 22.9 Å². The van der Waals surface area contributed by atoms with E-state index in [-0.39, 0.29) is 23.3 Å². The Morgan fingerprint density at radius 1 is 1.18 bits per heavy atom. The predicted molar refractivity (Wildman–Crippen MR) is 107 cm³/mol. The SMILES string of the molecule is Nc1nccnc1C(=O)Nc1cnn(Cc2cccc(NC(=O)CCl)c2Cl)c1. The van der Waals surface area contributed by atoms with Crippen LogP contribution in [0.15, 0.2) is 43.0 Å². The van der Waals surface area contributed by atoms with Crippen LogP contribution in [0.3, 0.4) is 0 Å². The lowest BCUT2D eigenvalue weighted by Crippen LogP contribution is -2.16. The van der Waals surface area contributed by atoms with E-state index in [4.69, 9.17) is 28.9 Å². The molecule has 0 atom stereocenters. The number of carbonyl (C=O) groups excluding carboxylic acids is 2. The first-order valence-electron chi connectivity index (χ1n) is 8.01. The Morgan fingerprint density at radius 2 is 1.96 bits per heavy atom. The van der Waals surface area contributed by atoms with Gasteiger partial charge in [0.2, 0.25) is 5.91 Å². The molecular weight excluding hydrogens is 405 g/mol. The number of hydrogen-bond donors (Lipinski definition) is 3. The molecule has 0 fully saturated rings. The van der Waals surface area contributed by atoms with Gasteiger partial charge in [0.05, 0.1) is 29.1 Å². The molecule has 0 saturated carbocycles. The molecule has 0 aliphatic carbocycles. The van der Waals surface area contributed by atoms with Crippen molar-refractivity contribution in [2.45, 2.75) is 6.54 Å². The third-order valence-electron chi connectivity index (χ3n) is 3.64. The zero-order valence-electron chi connectivity index (χ0n) is 14.4. The molecule has 28 heavy (non-hydrogen) atoms. The molecule has 2 amide bonds. The number of nitrogen functional groups attached to an aromatic ring is 1. The quantitative estimate of drug-likeness (QED) is 0.526. The lowest BCUT2D eigenvalue weighted by molar-refractivity contribution is -0.113. The van der Waals surface area contributed by atoms with Crippen molar-refractivity contribution >= 4 is 52.2 Å². The summed E-state index contributed by atoms with van der Waals surface area (Å²) >= 11 is 11.9. The van der Waals surface area contributed by atoms with Crippen molar-refractivity contribution in [2.24, 2.45) is 0 Å². The average Bonchev–Trinajstić information content (AvgIpc) is 3.12. The van der Waals surface area contributed by atoms with Crippen LogP contribution >= 0.6 is 23.2 Å². The molecule has 0 unspecified atom stereocenters. The summed E-state index contributed by atoms with van der Waals surface area (Å²) in [6.45, 7) is 0.326. The molecule has 2 aromatic heterocycles. The van der Waals surface area contributed by atoms with Crippen molar-refractivity contribution in [2.75, 3.05) is 22.2 Å². The number of nitrogens with zero attached hydrogens (tertiary/aromatic N) is 4. The van der Waals surface area contributed by atoms with Gasteiger partial charge in [0.15, 0.2) is 11.5 Å². The van der Waals surface area contributed by atoms with Crippen LogP contribution in [0.2, 0.25) is 5.02 Å². The highest BCUT2D eigenvalue weighted by atomic mass is 35.5. The molecule has 0 spiro atoms. The Bertz CT molecular complexity index is 1020. The van der Waals surface area contributed by atoms with E-state index in [1.165, 1.54) is 18.6 Å². The Labute approximate surface area is 169 Å². The van der Waals surface area contributed by atoms with Crippen LogP contribution in [0.1, 0.15) is 16.1 Å². The van der Waals surface area contributed by atoms with Crippen LogP contribution in [0.5, 0.6) is 0 Å². The van der Waals surface area contributed by atoms with E-state index in [1.54, 1.807) is 29.1 Å². The van der Waals surface area contributed by atoms with E-state index in [0.717, 1.165) is 5.56 Å². The Balaban J connectivity index is 1.71. The Morgan fingerprint density at radius 3 is 2.71 bits per heavy atom. The van der Waals surface area contributed by atoms with Gasteiger partial charge in [-0.25, -0.2) is 9.97 Å². The van der Waals surface area contributed by atoms with Crippen molar-refractivity contribution < 1.29 is 9.59 Å². The predicted octanol–water partition coefficient (Wildman–Crippen LogP) is 2.39. The minimum absolute atomic E-state index is 0.0287. The number of nitrogens with two attached hydrogens (primary N) is 1. The van der Waals surface area contributed by atoms with Crippen LogP contribution in [0.25, 0.3) is 0 Å². The molecule has 2 heterocycles. The zero-order chi connectivity index (χ0) is 20.1. The molecule has 0 aliphatic rings. The Hall–Kier alpha value is -3.17. The van der Waals surface area contributed by atoms with Gasteiger partial charge in [0.25, 0.3) is 5.91 Å². The van der Waals surface area contributed by atoms with E-state index >= 15 is 0 Å². The zero-order valence-corrected chi connectivity index (χ0v) is 15.9. The molecule has 3 aromatic rings. The lowest BCUT2D eigenvalue weighted by atomic mass is 10.2. The molecule has 0 bridgehead atoms. The van der Waals surface area contributed by atoms with E-state index in [2.05, 4.69) is 25.7 Å². The number of benzene rings is 1. The second-order valence-corrected chi connectivity index (χ2v) is 6.28. The number of rotatable bonds is 6. The fraction of sp³-hybridized carbons (Fsp3) is 0.118. The number of aromatic nitrogens is 4. The van der Waals surface area contributed by atoms with Gasteiger partial charge >= 0.3 is 0 Å². The number of halogens is 2. The van der Waals surface area contributed by atoms with E-state index in [9.17, 15) is 9.59 Å². The van der Waals surface area contributed by atoms with Gasteiger partial charge in [0, 0.05) is 18.6 Å². The molecular formula is C17H15Cl2N7O2. The number of hydrogen-bond acceptors (Lipinski definition) is 6. The largest absolute Gasteiger partial charge is 0.382 e. The summed E-state index contributed by atoms with van der Waals surface area (Å²) in [7, 11) is 0. The maximum Gasteiger partial charge on any atom is 0.278 e. The second-order valence-electron chi connectivity index (χ2n) is 5.63. The minimum atomic E-state index is -0.492. The first-order chi connectivity index (χ1) is 13.5. The van der Waals surface area contributed by atoms with Crippen LogP contribution < -0.4 is 16.4 Å². The molecule has 9 nitrogen and oxygen atoms in total. The number of alkyl halides is 1. The lowest BCUT2D eigenvalue weighted by Gasteiger charge is -2.10. The first-order valence-corrected chi connectivity index (χ1v) is 8.92. The van der Waals surface area contributed by atoms with Crippen LogP contribution in [-0.2, 0) is 11.3 Å². The molecule has 0 saturated heterocycles. The number of carbonyl (C=O) groups is 2. The third kappa shape index (κ3) is 4.56. The molecule has 11 heteroatoms. The van der Waals surface area contributed by atoms with Gasteiger partial charge in [-0.05, 0) is 11.6 Å². The van der Waals surface area contributed by atoms with Crippen molar-refractivity contribution in [3.63, 3.8) is 0 Å². The highest BCUT2D eigenvalue weighted by Gasteiger charge is 2.14. The molecule has 4 N–H and O–H groups in total. The van der Waals surface area contributed by atoms with Gasteiger partial charge in [-0.2, -0.15) is 5.10 Å². The highest BCUT2D eigenvalue weighted by molar-refractivity contribution is 6.35. The summed E-state index contributed by atoms with van der Waals surface area (Å²) in [5.41, 5.74) is 7.33. The standard InChI is InChI=1S/C17H15Cl2N7O2/c18-6-13(27)25-12-3-1-2-10(14(12)19)8-26-9-11(7-23-26)24-17(28)15-16(20)22-5-4-21-15/h1-5,7,9H,6,8H2,(H2,20,22)(H,24,28)(H,25,27). The molecule has 0 radical (unpaired) electrons. The monoisotopic (exact) mass is 419 g/mol. The highest BCUT2D eigenvalue weighted by Crippen LogP contribution is 2.27. The summed E-state index contributed by atoms with van der Waals surface area (Å²) in [6.07, 6.45) is 5.90. The third-order valence-corrected chi connectivity index (χ3v) is 4.33. The normalized spacial score (nSPS) is 10.5. The van der Waals surface area contributed by atoms with Crippen LogP contribution in [0, 0.1) is 0 Å². The molecule has 1 aromatic carbocycles. The molecule has 0 aliphatic heterocycles. The summed E-state index contributed by atoms with van der Waals surface area (Å²) in [5.74, 6) is -0.976. The van der Waals surface area contributed by atoms with Gasteiger partial charge < -0.3 is 16.4 Å². The van der Waals surface area contributed by atoms with Crippen molar-refractivity contribution in [1.29, 1.82) is 0 Å². The molecule has 3 rings (SSSR count). The number of amides is 2. The van der Waals surface area contributed by atoms with Crippen LogP contribution in [0.4, 0.5) is 17.2 Å². The topological polar surface area (TPSA) is 128 Å². The maximum atomic E-state index is 12.2. The van der Waals surface area contributed by atoms with Crippen LogP contribution in [-0.4, -0.2) is 37.4 Å². The van der Waals surface area contributed by atoms with Gasteiger partial charge in [-0.3, -0.25) is 14.3 Å². The summed E-state index contributed by atoms with van der Waals surface area (Å²) in [6, 6.07) is 5.24. The first kappa shape index (κ1) is 19.6. The smallest absolute Gasteiger partial charge is 0.278 e. The maximum absolute atomic E-state index is 12.2. The average molecular weight is 420 g/mol. The van der Waals surface area contributed by atoms with Crippen molar-refractivity contribution in [3.05, 3.63) is 59.3 Å².